The fourth-order valence-electron chi connectivity index (χ4n) is 2.51. The first-order valence-electron chi connectivity index (χ1n) is 6.54. The second-order valence-electron chi connectivity index (χ2n) is 5.85. The van der Waals surface area contributed by atoms with Crippen LogP contribution in [-0.4, -0.2) is 47.1 Å². The van der Waals surface area contributed by atoms with Crippen LogP contribution in [0.3, 0.4) is 0 Å². The molecule has 2 heterocycles. The van der Waals surface area contributed by atoms with Gasteiger partial charge in [-0.2, -0.15) is 0 Å². The molecule has 4 nitrogen and oxygen atoms in total. The van der Waals surface area contributed by atoms with Crippen LogP contribution in [0.1, 0.15) is 25.0 Å². The van der Waals surface area contributed by atoms with Crippen LogP contribution in [0.2, 0.25) is 0 Å². The second-order valence-corrected chi connectivity index (χ2v) is 6.29. The van der Waals surface area contributed by atoms with E-state index >= 15 is 0 Å². The lowest BCUT2D eigenvalue weighted by Gasteiger charge is -2.46. The Kier molecular flexibility index (Phi) is 3.78. The van der Waals surface area contributed by atoms with Gasteiger partial charge in [-0.1, -0.05) is 12.2 Å². The fraction of sp³-hybridized carbons (Fsp3) is 0.571. The Morgan fingerprint density at radius 1 is 1.42 bits per heavy atom. The van der Waals surface area contributed by atoms with Gasteiger partial charge in [-0.05, 0) is 39.4 Å². The summed E-state index contributed by atoms with van der Waals surface area (Å²) in [5.74, 6) is 0.925. The highest BCUT2D eigenvalue weighted by molar-refractivity contribution is 7.80. The summed E-state index contributed by atoms with van der Waals surface area (Å²) < 4.78 is 0. The van der Waals surface area contributed by atoms with E-state index in [-0.39, 0.29) is 5.54 Å². The van der Waals surface area contributed by atoms with Crippen molar-refractivity contribution in [2.45, 2.75) is 26.3 Å². The summed E-state index contributed by atoms with van der Waals surface area (Å²) in [6, 6.07) is 1.96. The van der Waals surface area contributed by atoms with E-state index < -0.39 is 0 Å². The standard InChI is InChI=1S/C14H22N4S/c1-10-5-6-16-13(11(10)12(15)19)18-8-7-17(4)14(2,3)9-18/h5-6H,7-9H2,1-4H3,(H2,15,19). The average Bonchev–Trinajstić information content (AvgIpc) is 2.31. The van der Waals surface area contributed by atoms with Gasteiger partial charge in [0, 0.05) is 31.4 Å². The van der Waals surface area contributed by atoms with Crippen molar-refractivity contribution < 1.29 is 0 Å². The van der Waals surface area contributed by atoms with Crippen molar-refractivity contribution in [2.75, 3.05) is 31.6 Å². The summed E-state index contributed by atoms with van der Waals surface area (Å²) in [5.41, 5.74) is 8.00. The first-order chi connectivity index (χ1) is 8.83. The van der Waals surface area contributed by atoms with Gasteiger partial charge < -0.3 is 10.6 Å². The molecular formula is C14H22N4S. The number of rotatable bonds is 2. The predicted molar refractivity (Wildman–Crippen MR) is 83.8 cm³/mol. The zero-order valence-corrected chi connectivity index (χ0v) is 12.9. The molecule has 1 fully saturated rings. The maximum absolute atomic E-state index is 5.87. The van der Waals surface area contributed by atoms with E-state index in [0.717, 1.165) is 36.6 Å². The molecule has 1 aromatic heterocycles. The zero-order valence-electron chi connectivity index (χ0n) is 12.1. The molecule has 0 aromatic carbocycles. The Balaban J connectivity index is 2.38. The molecule has 5 heteroatoms. The number of hydrogen-bond acceptors (Lipinski definition) is 4. The van der Waals surface area contributed by atoms with Crippen LogP contribution < -0.4 is 10.6 Å². The maximum Gasteiger partial charge on any atom is 0.139 e. The molecule has 0 spiro atoms. The molecule has 0 unspecified atom stereocenters. The molecule has 0 saturated carbocycles. The Bertz CT molecular complexity index is 498. The van der Waals surface area contributed by atoms with E-state index in [1.165, 1.54) is 0 Å². The normalized spacial score (nSPS) is 19.5. The number of thiocarbonyl (C=S) groups is 1. The van der Waals surface area contributed by atoms with Crippen molar-refractivity contribution in [3.63, 3.8) is 0 Å². The lowest BCUT2D eigenvalue weighted by atomic mass is 9.99. The van der Waals surface area contributed by atoms with Crippen molar-refractivity contribution >= 4 is 23.0 Å². The van der Waals surface area contributed by atoms with Crippen LogP contribution in [-0.2, 0) is 0 Å². The van der Waals surface area contributed by atoms with Gasteiger partial charge in [0.25, 0.3) is 0 Å². The van der Waals surface area contributed by atoms with Gasteiger partial charge in [0.1, 0.15) is 10.8 Å². The van der Waals surface area contributed by atoms with E-state index in [1.807, 2.05) is 19.2 Å². The van der Waals surface area contributed by atoms with Gasteiger partial charge in [0.2, 0.25) is 0 Å². The van der Waals surface area contributed by atoms with Crippen molar-refractivity contribution in [3.8, 4) is 0 Å². The molecule has 0 amide bonds. The Morgan fingerprint density at radius 2 is 2.11 bits per heavy atom. The Labute approximate surface area is 120 Å². The van der Waals surface area contributed by atoms with Gasteiger partial charge in [-0.15, -0.1) is 0 Å². The first kappa shape index (κ1) is 14.2. The zero-order chi connectivity index (χ0) is 14.2. The highest BCUT2D eigenvalue weighted by Gasteiger charge is 2.32. The molecule has 0 bridgehead atoms. The van der Waals surface area contributed by atoms with Gasteiger partial charge in [-0.25, -0.2) is 4.98 Å². The molecule has 1 aliphatic heterocycles. The number of piperazine rings is 1. The molecule has 0 atom stereocenters. The van der Waals surface area contributed by atoms with Crippen molar-refractivity contribution in [2.24, 2.45) is 5.73 Å². The van der Waals surface area contributed by atoms with Gasteiger partial charge in [-0.3, -0.25) is 4.90 Å². The van der Waals surface area contributed by atoms with Crippen molar-refractivity contribution in [1.82, 2.24) is 9.88 Å². The van der Waals surface area contributed by atoms with E-state index in [9.17, 15) is 0 Å². The maximum atomic E-state index is 5.87. The van der Waals surface area contributed by atoms with Gasteiger partial charge in [0.15, 0.2) is 0 Å². The van der Waals surface area contributed by atoms with Crippen LogP contribution in [0.5, 0.6) is 0 Å². The van der Waals surface area contributed by atoms with Gasteiger partial charge >= 0.3 is 0 Å². The summed E-state index contributed by atoms with van der Waals surface area (Å²) in [5, 5.41) is 0. The van der Waals surface area contributed by atoms with E-state index in [1.54, 1.807) is 0 Å². The minimum absolute atomic E-state index is 0.122. The van der Waals surface area contributed by atoms with E-state index in [2.05, 4.69) is 35.7 Å². The number of aryl methyl sites for hydroxylation is 1. The highest BCUT2D eigenvalue weighted by atomic mass is 32.1. The third-order valence-electron chi connectivity index (χ3n) is 4.00. The summed E-state index contributed by atoms with van der Waals surface area (Å²) in [4.78, 5) is 9.61. The van der Waals surface area contributed by atoms with Crippen molar-refractivity contribution in [1.29, 1.82) is 0 Å². The summed E-state index contributed by atoms with van der Waals surface area (Å²) in [6.45, 7) is 9.41. The third kappa shape index (κ3) is 2.72. The third-order valence-corrected chi connectivity index (χ3v) is 4.21. The predicted octanol–water partition coefficient (Wildman–Crippen LogP) is 1.55. The van der Waals surface area contributed by atoms with Gasteiger partial charge in [0.05, 0.1) is 5.56 Å². The van der Waals surface area contributed by atoms with Crippen LogP contribution in [0.4, 0.5) is 5.82 Å². The summed E-state index contributed by atoms with van der Waals surface area (Å²) >= 11 is 5.19. The molecule has 0 radical (unpaired) electrons. The fourth-order valence-corrected chi connectivity index (χ4v) is 2.76. The molecule has 1 saturated heterocycles. The number of likely N-dealkylation sites (N-methyl/N-ethyl adjacent to an activating group) is 1. The molecule has 19 heavy (non-hydrogen) atoms. The van der Waals surface area contributed by atoms with E-state index in [4.69, 9.17) is 18.0 Å². The smallest absolute Gasteiger partial charge is 0.139 e. The van der Waals surface area contributed by atoms with Crippen LogP contribution in [0.25, 0.3) is 0 Å². The highest BCUT2D eigenvalue weighted by Crippen LogP contribution is 2.27. The molecule has 104 valence electrons. The van der Waals surface area contributed by atoms with Crippen LogP contribution in [0, 0.1) is 6.92 Å². The summed E-state index contributed by atoms with van der Waals surface area (Å²) in [7, 11) is 2.16. The Hall–Kier alpha value is -1.20. The minimum atomic E-state index is 0.122. The number of anilines is 1. The molecule has 1 aromatic rings. The lowest BCUT2D eigenvalue weighted by molar-refractivity contribution is 0.138. The largest absolute Gasteiger partial charge is 0.389 e. The quantitative estimate of drug-likeness (QED) is 0.832. The minimum Gasteiger partial charge on any atom is -0.389 e. The van der Waals surface area contributed by atoms with Crippen molar-refractivity contribution in [3.05, 3.63) is 23.4 Å². The second kappa shape index (κ2) is 5.06. The molecule has 2 rings (SSSR count). The average molecular weight is 278 g/mol. The molecule has 2 N–H and O–H groups in total. The number of nitrogens with two attached hydrogens (primary N) is 1. The first-order valence-corrected chi connectivity index (χ1v) is 6.95. The van der Waals surface area contributed by atoms with Crippen LogP contribution in [0.15, 0.2) is 12.3 Å². The molecular weight excluding hydrogens is 256 g/mol. The monoisotopic (exact) mass is 278 g/mol. The molecule has 0 aliphatic carbocycles. The lowest BCUT2D eigenvalue weighted by Crippen LogP contribution is -2.58. The number of pyridine rings is 1. The molecule has 1 aliphatic rings. The number of aromatic nitrogens is 1. The van der Waals surface area contributed by atoms with E-state index in [0.29, 0.717) is 4.99 Å². The summed E-state index contributed by atoms with van der Waals surface area (Å²) in [6.07, 6.45) is 1.83. The SMILES string of the molecule is Cc1ccnc(N2CCN(C)C(C)(C)C2)c1C(N)=S. The van der Waals surface area contributed by atoms with Crippen LogP contribution >= 0.6 is 12.2 Å². The Morgan fingerprint density at radius 3 is 2.68 bits per heavy atom. The number of nitrogens with zero attached hydrogens (tertiary/aromatic N) is 3. The number of hydrogen-bond donors (Lipinski definition) is 1. The topological polar surface area (TPSA) is 45.4 Å².